The molecule has 2 N–H and O–H groups in total. The molecule has 2 aliphatic carbocycles. The number of nitrogen functional groups attached to an aromatic ring is 1. The Balaban J connectivity index is 2.03. The smallest absolute Gasteiger partial charge is 0.303 e. The van der Waals surface area contributed by atoms with Gasteiger partial charge < -0.3 is 8.39 Å². The Morgan fingerprint density at radius 1 is 0.667 bits per heavy atom. The molecule has 0 fully saturated rings. The van der Waals surface area contributed by atoms with Crippen LogP contribution in [0.2, 0.25) is 0 Å². The van der Waals surface area contributed by atoms with Gasteiger partial charge in [0.1, 0.15) is 11.2 Å². The van der Waals surface area contributed by atoms with Gasteiger partial charge in [0.05, 0.1) is 0 Å². The van der Waals surface area contributed by atoms with Crippen LogP contribution >= 0.6 is 8.16 Å². The molecule has 0 saturated carbocycles. The Morgan fingerprint density at radius 2 is 1.12 bits per heavy atom. The minimum Gasteiger partial charge on any atom is -0.408 e. The number of rotatable bonds is 0. The van der Waals surface area contributed by atoms with Crippen molar-refractivity contribution in [2.45, 2.75) is 51.4 Å². The number of benzene rings is 2. The van der Waals surface area contributed by atoms with Crippen LogP contribution in [0.1, 0.15) is 47.9 Å². The lowest BCUT2D eigenvalue weighted by molar-refractivity contribution is 0.644. The average molecular weight is 339 g/mol. The molecule has 0 radical (unpaired) electrons. The number of nitrogens with two attached hydrogens (primary N) is 1. The van der Waals surface area contributed by atoms with Crippen LogP contribution in [0.4, 0.5) is 0 Å². The van der Waals surface area contributed by atoms with Crippen molar-refractivity contribution in [2.24, 2.45) is 0 Å². The Morgan fingerprint density at radius 3 is 1.62 bits per heavy atom. The van der Waals surface area contributed by atoms with E-state index in [-0.39, 0.29) is 0 Å². The SMILES string of the molecule is Np1oc2ccc3c(c2c2c4c(ccc2o1)CCCC4)CCCC3. The quantitative estimate of drug-likeness (QED) is 0.566. The highest BCUT2D eigenvalue weighted by atomic mass is 31.1. The number of aryl methyl sites for hydroxylation is 4. The predicted molar refractivity (Wildman–Crippen MR) is 99.8 cm³/mol. The lowest BCUT2D eigenvalue weighted by atomic mass is 9.84. The number of hydrogen-bond donors (Lipinski definition) is 1. The maximum atomic E-state index is 6.14. The second-order valence-electron chi connectivity index (χ2n) is 7.03. The molecule has 0 saturated heterocycles. The summed E-state index contributed by atoms with van der Waals surface area (Å²) in [6.45, 7) is 0. The molecular weight excluding hydrogens is 317 g/mol. The third-order valence-corrected chi connectivity index (χ3v) is 6.37. The molecule has 24 heavy (non-hydrogen) atoms. The molecule has 3 aromatic rings. The molecule has 1 aromatic heterocycles. The summed E-state index contributed by atoms with van der Waals surface area (Å²) in [5, 5.41) is 2.55. The van der Waals surface area contributed by atoms with Crippen LogP contribution in [-0.4, -0.2) is 0 Å². The summed E-state index contributed by atoms with van der Waals surface area (Å²) in [6, 6.07) is 8.69. The standard InChI is InChI=1S/C20H22NO2P/c21-24-22-17-11-9-13-5-1-3-7-15(13)19(17)20-16-8-4-2-6-14(16)10-12-18(20)23-24/h9-12H,1-8,21H2. The highest BCUT2D eigenvalue weighted by Crippen LogP contribution is 2.40. The third-order valence-electron chi connectivity index (χ3n) is 5.62. The lowest BCUT2D eigenvalue weighted by Gasteiger charge is -2.20. The average Bonchev–Trinajstić information content (AvgIpc) is 2.77. The monoisotopic (exact) mass is 339 g/mol. The van der Waals surface area contributed by atoms with E-state index in [1.54, 1.807) is 0 Å². The van der Waals surface area contributed by atoms with Crippen molar-refractivity contribution in [2.75, 3.05) is 5.50 Å². The van der Waals surface area contributed by atoms with Crippen molar-refractivity contribution in [3.63, 3.8) is 0 Å². The van der Waals surface area contributed by atoms with Gasteiger partial charge in [0.15, 0.2) is 0 Å². The summed E-state index contributed by atoms with van der Waals surface area (Å²) in [6.07, 6.45) is 9.69. The zero-order chi connectivity index (χ0) is 16.1. The van der Waals surface area contributed by atoms with E-state index < -0.39 is 8.16 Å². The molecule has 5 rings (SSSR count). The molecule has 2 aliphatic rings. The van der Waals surface area contributed by atoms with Crippen molar-refractivity contribution < 1.29 is 8.39 Å². The fraction of sp³-hybridized carbons (Fsp3) is 0.400. The Kier molecular flexibility index (Phi) is 3.46. The van der Waals surface area contributed by atoms with Gasteiger partial charge in [-0.3, -0.25) is 0 Å². The molecule has 1 heterocycles. The zero-order valence-corrected chi connectivity index (χ0v) is 14.7. The van der Waals surface area contributed by atoms with E-state index in [9.17, 15) is 0 Å². The first-order valence-electron chi connectivity index (χ1n) is 9.02. The second kappa shape index (κ2) is 5.68. The Hall–Kier alpha value is -1.70. The molecule has 0 unspecified atom stereocenters. The topological polar surface area (TPSA) is 52.3 Å². The molecule has 3 nitrogen and oxygen atoms in total. The van der Waals surface area contributed by atoms with Gasteiger partial charge in [-0.15, -0.1) is 0 Å². The van der Waals surface area contributed by atoms with Gasteiger partial charge >= 0.3 is 8.16 Å². The fourth-order valence-electron chi connectivity index (χ4n) is 4.53. The highest BCUT2D eigenvalue weighted by molar-refractivity contribution is 7.36. The van der Waals surface area contributed by atoms with Crippen molar-refractivity contribution in [3.05, 3.63) is 46.5 Å². The zero-order valence-electron chi connectivity index (χ0n) is 13.8. The van der Waals surface area contributed by atoms with Crippen LogP contribution in [0, 0.1) is 0 Å². The summed E-state index contributed by atoms with van der Waals surface area (Å²) < 4.78 is 12.0. The van der Waals surface area contributed by atoms with Crippen LogP contribution in [0.5, 0.6) is 0 Å². The summed E-state index contributed by atoms with van der Waals surface area (Å²) in [7, 11) is -1.42. The van der Waals surface area contributed by atoms with Gasteiger partial charge in [-0.05, 0) is 85.8 Å². The molecule has 0 amide bonds. The van der Waals surface area contributed by atoms with E-state index in [0.29, 0.717) is 0 Å². The van der Waals surface area contributed by atoms with Crippen molar-refractivity contribution >= 4 is 30.1 Å². The summed E-state index contributed by atoms with van der Waals surface area (Å²) in [5.74, 6) is 0. The van der Waals surface area contributed by atoms with Crippen molar-refractivity contribution in [1.29, 1.82) is 0 Å². The molecule has 0 atom stereocenters. The first-order chi connectivity index (χ1) is 11.8. The highest BCUT2D eigenvalue weighted by Gasteiger charge is 2.20. The largest absolute Gasteiger partial charge is 0.408 e. The summed E-state index contributed by atoms with van der Waals surface area (Å²) in [4.78, 5) is 0. The van der Waals surface area contributed by atoms with E-state index in [0.717, 1.165) is 24.0 Å². The Bertz CT molecular complexity index is 912. The van der Waals surface area contributed by atoms with Crippen LogP contribution in [0.3, 0.4) is 0 Å². The van der Waals surface area contributed by atoms with Gasteiger partial charge in [0.2, 0.25) is 0 Å². The van der Waals surface area contributed by atoms with Crippen molar-refractivity contribution in [1.82, 2.24) is 0 Å². The van der Waals surface area contributed by atoms with Gasteiger partial charge in [-0.25, -0.2) is 5.50 Å². The Labute approximate surface area is 142 Å². The van der Waals surface area contributed by atoms with E-state index in [4.69, 9.17) is 13.9 Å². The van der Waals surface area contributed by atoms with Gasteiger partial charge in [-0.2, -0.15) is 0 Å². The maximum absolute atomic E-state index is 6.14. The predicted octanol–water partition coefficient (Wildman–Crippen LogP) is 5.76. The van der Waals surface area contributed by atoms with Crippen molar-refractivity contribution in [3.8, 4) is 0 Å². The first kappa shape index (κ1) is 14.6. The molecule has 0 bridgehead atoms. The van der Waals surface area contributed by atoms with E-state index in [2.05, 4.69) is 24.3 Å². The third kappa shape index (κ3) is 2.22. The molecule has 0 spiro atoms. The lowest BCUT2D eigenvalue weighted by Crippen LogP contribution is -2.05. The van der Waals surface area contributed by atoms with Crippen LogP contribution in [-0.2, 0) is 25.7 Å². The molecule has 4 heteroatoms. The maximum Gasteiger partial charge on any atom is 0.303 e. The molecular formula is C20H22NO2P. The van der Waals surface area contributed by atoms with Crippen LogP contribution < -0.4 is 5.50 Å². The minimum atomic E-state index is -1.42. The number of fused-ring (bicyclic) bond motifs is 7. The molecule has 124 valence electrons. The van der Waals surface area contributed by atoms with Gasteiger partial charge in [0, 0.05) is 10.8 Å². The summed E-state index contributed by atoms with van der Waals surface area (Å²) >= 11 is 0. The van der Waals surface area contributed by atoms with Gasteiger partial charge in [-0.1, -0.05) is 12.1 Å². The normalized spacial score (nSPS) is 16.9. The molecule has 2 aromatic carbocycles. The van der Waals surface area contributed by atoms with E-state index in [1.165, 1.54) is 71.6 Å². The van der Waals surface area contributed by atoms with E-state index >= 15 is 0 Å². The van der Waals surface area contributed by atoms with Crippen LogP contribution in [0.15, 0.2) is 32.7 Å². The second-order valence-corrected chi connectivity index (χ2v) is 7.97. The fourth-order valence-corrected chi connectivity index (χ4v) is 5.26. The minimum absolute atomic E-state index is 0.919. The van der Waals surface area contributed by atoms with Crippen LogP contribution in [0.25, 0.3) is 21.9 Å². The number of hydrogen-bond acceptors (Lipinski definition) is 3. The molecule has 0 aliphatic heterocycles. The van der Waals surface area contributed by atoms with Gasteiger partial charge in [0.25, 0.3) is 0 Å². The van der Waals surface area contributed by atoms with E-state index in [1.807, 2.05) is 0 Å². The first-order valence-corrected chi connectivity index (χ1v) is 10.3. The summed E-state index contributed by atoms with van der Waals surface area (Å²) in [5.41, 5.74) is 13.9.